The van der Waals surface area contributed by atoms with Gasteiger partial charge in [0.2, 0.25) is 5.91 Å². The van der Waals surface area contributed by atoms with Gasteiger partial charge in [-0.3, -0.25) is 9.59 Å². The molecule has 0 aromatic heterocycles. The molecule has 0 bridgehead atoms. The Morgan fingerprint density at radius 2 is 1.78 bits per heavy atom. The molecule has 0 aliphatic carbocycles. The van der Waals surface area contributed by atoms with Gasteiger partial charge in [-0.25, -0.2) is 0 Å². The number of aliphatic hydroxyl groups is 1. The second-order valence-electron chi connectivity index (χ2n) is 5.99. The van der Waals surface area contributed by atoms with E-state index in [-0.39, 0.29) is 0 Å². The molecule has 3 rings (SSSR count). The molecule has 2 amide bonds. The highest BCUT2D eigenvalue weighted by Crippen LogP contribution is 2.17. The lowest BCUT2D eigenvalue weighted by molar-refractivity contribution is -0.118. The van der Waals surface area contributed by atoms with E-state index in [1.807, 2.05) is 30.3 Å². The van der Waals surface area contributed by atoms with Crippen molar-refractivity contribution in [2.24, 2.45) is 0 Å². The Labute approximate surface area is 156 Å². The number of amides is 2. The van der Waals surface area contributed by atoms with E-state index in [0.717, 1.165) is 10.8 Å². The summed E-state index contributed by atoms with van der Waals surface area (Å²) in [6.45, 7) is -0.519. The van der Waals surface area contributed by atoms with Gasteiger partial charge in [0.1, 0.15) is 11.8 Å². The number of anilines is 1. The molecule has 3 aromatic carbocycles. The number of nitrogens with one attached hydrogen (secondary N) is 2. The zero-order valence-corrected chi connectivity index (χ0v) is 14.8. The average molecular weight is 364 g/mol. The fourth-order valence-electron chi connectivity index (χ4n) is 2.70. The topological polar surface area (TPSA) is 87.7 Å². The number of methoxy groups -OCH3 is 1. The maximum absolute atomic E-state index is 12.5. The van der Waals surface area contributed by atoms with Crippen molar-refractivity contribution in [3.05, 3.63) is 72.3 Å². The predicted octanol–water partition coefficient (Wildman–Crippen LogP) is 2.58. The molecule has 0 heterocycles. The van der Waals surface area contributed by atoms with E-state index in [4.69, 9.17) is 4.74 Å². The molecule has 6 heteroatoms. The Bertz CT molecular complexity index is 971. The number of hydrogen-bond acceptors (Lipinski definition) is 4. The summed E-state index contributed by atoms with van der Waals surface area (Å²) in [6.07, 6.45) is 0. The van der Waals surface area contributed by atoms with Crippen LogP contribution in [0.15, 0.2) is 66.7 Å². The van der Waals surface area contributed by atoms with Crippen molar-refractivity contribution in [1.82, 2.24) is 5.32 Å². The predicted molar refractivity (Wildman–Crippen MR) is 104 cm³/mol. The van der Waals surface area contributed by atoms with E-state index in [9.17, 15) is 14.7 Å². The molecule has 138 valence electrons. The van der Waals surface area contributed by atoms with Crippen molar-refractivity contribution in [3.8, 4) is 5.75 Å². The first-order valence-electron chi connectivity index (χ1n) is 8.46. The molecular weight excluding hydrogens is 344 g/mol. The highest BCUT2D eigenvalue weighted by Gasteiger charge is 2.21. The van der Waals surface area contributed by atoms with Gasteiger partial charge in [-0.15, -0.1) is 0 Å². The highest BCUT2D eigenvalue weighted by atomic mass is 16.5. The summed E-state index contributed by atoms with van der Waals surface area (Å²) < 4.78 is 5.11. The van der Waals surface area contributed by atoms with E-state index in [1.165, 1.54) is 7.11 Å². The molecule has 0 aliphatic heterocycles. The van der Waals surface area contributed by atoms with Crippen LogP contribution in [-0.4, -0.2) is 36.7 Å². The van der Waals surface area contributed by atoms with Crippen LogP contribution in [-0.2, 0) is 4.79 Å². The molecule has 0 spiro atoms. The van der Waals surface area contributed by atoms with Crippen LogP contribution in [0.4, 0.5) is 5.69 Å². The van der Waals surface area contributed by atoms with Crippen molar-refractivity contribution < 1.29 is 19.4 Å². The second-order valence-corrected chi connectivity index (χ2v) is 5.99. The number of rotatable bonds is 6. The zero-order valence-electron chi connectivity index (χ0n) is 14.8. The summed E-state index contributed by atoms with van der Waals surface area (Å²) in [5.74, 6) is -0.353. The average Bonchev–Trinajstić information content (AvgIpc) is 2.71. The lowest BCUT2D eigenvalue weighted by Crippen LogP contribution is -2.46. The SMILES string of the molecule is COc1cccc(NC(=O)C(CO)NC(=O)c2ccc3ccccc3c2)c1. The van der Waals surface area contributed by atoms with Gasteiger partial charge in [0.25, 0.3) is 5.91 Å². The molecule has 27 heavy (non-hydrogen) atoms. The van der Waals surface area contributed by atoms with Gasteiger partial charge in [0.15, 0.2) is 0 Å². The Balaban J connectivity index is 1.70. The van der Waals surface area contributed by atoms with Gasteiger partial charge in [-0.05, 0) is 35.0 Å². The van der Waals surface area contributed by atoms with Crippen LogP contribution in [0.1, 0.15) is 10.4 Å². The first kappa shape index (κ1) is 18.4. The number of carbonyl (C=O) groups is 2. The van der Waals surface area contributed by atoms with Crippen molar-refractivity contribution >= 4 is 28.3 Å². The second kappa shape index (κ2) is 8.33. The van der Waals surface area contributed by atoms with Crippen molar-refractivity contribution in [3.63, 3.8) is 0 Å². The zero-order chi connectivity index (χ0) is 19.2. The molecule has 3 N–H and O–H groups in total. The molecule has 0 saturated carbocycles. The number of benzene rings is 3. The van der Waals surface area contributed by atoms with Gasteiger partial charge < -0.3 is 20.5 Å². The van der Waals surface area contributed by atoms with E-state index in [2.05, 4.69) is 10.6 Å². The van der Waals surface area contributed by atoms with Gasteiger partial charge in [0, 0.05) is 17.3 Å². The van der Waals surface area contributed by atoms with Crippen LogP contribution in [0.5, 0.6) is 5.75 Å². The number of fused-ring (bicyclic) bond motifs is 1. The van der Waals surface area contributed by atoms with Gasteiger partial charge in [0.05, 0.1) is 13.7 Å². The summed E-state index contributed by atoms with van der Waals surface area (Å²) in [7, 11) is 1.53. The van der Waals surface area contributed by atoms with Crippen molar-refractivity contribution in [2.45, 2.75) is 6.04 Å². The highest BCUT2D eigenvalue weighted by molar-refractivity contribution is 6.03. The largest absolute Gasteiger partial charge is 0.497 e. The van der Waals surface area contributed by atoms with Crippen molar-refractivity contribution in [2.75, 3.05) is 19.0 Å². The van der Waals surface area contributed by atoms with Gasteiger partial charge in [-0.1, -0.05) is 36.4 Å². The Morgan fingerprint density at radius 3 is 2.52 bits per heavy atom. The van der Waals surface area contributed by atoms with Gasteiger partial charge in [-0.2, -0.15) is 0 Å². The number of aliphatic hydroxyl groups excluding tert-OH is 1. The summed E-state index contributed by atoms with van der Waals surface area (Å²) in [5, 5.41) is 16.7. The third-order valence-corrected chi connectivity index (χ3v) is 4.15. The molecule has 1 unspecified atom stereocenters. The molecule has 0 fully saturated rings. The third kappa shape index (κ3) is 4.43. The van der Waals surface area contributed by atoms with Crippen LogP contribution >= 0.6 is 0 Å². The van der Waals surface area contributed by atoms with E-state index in [0.29, 0.717) is 17.0 Å². The molecule has 0 saturated heterocycles. The maximum Gasteiger partial charge on any atom is 0.252 e. The van der Waals surface area contributed by atoms with Crippen LogP contribution in [0.3, 0.4) is 0 Å². The lowest BCUT2D eigenvalue weighted by Gasteiger charge is -2.17. The molecule has 0 aliphatic rings. The van der Waals surface area contributed by atoms with Crippen LogP contribution in [0.25, 0.3) is 10.8 Å². The smallest absolute Gasteiger partial charge is 0.252 e. The monoisotopic (exact) mass is 364 g/mol. The Morgan fingerprint density at radius 1 is 1.00 bits per heavy atom. The minimum Gasteiger partial charge on any atom is -0.497 e. The minimum atomic E-state index is -1.07. The van der Waals surface area contributed by atoms with E-state index >= 15 is 0 Å². The Hall–Kier alpha value is -3.38. The quantitative estimate of drug-likeness (QED) is 0.627. The summed E-state index contributed by atoms with van der Waals surface area (Å²) in [6, 6.07) is 18.7. The number of hydrogen-bond donors (Lipinski definition) is 3. The third-order valence-electron chi connectivity index (χ3n) is 4.15. The summed E-state index contributed by atoms with van der Waals surface area (Å²) >= 11 is 0. The first-order valence-corrected chi connectivity index (χ1v) is 8.46. The van der Waals surface area contributed by atoms with Crippen LogP contribution < -0.4 is 15.4 Å². The van der Waals surface area contributed by atoms with Crippen molar-refractivity contribution in [1.29, 1.82) is 0 Å². The van der Waals surface area contributed by atoms with Gasteiger partial charge >= 0.3 is 0 Å². The molecule has 0 radical (unpaired) electrons. The molecule has 1 atom stereocenters. The standard InChI is InChI=1S/C21H20N2O4/c1-27-18-8-4-7-17(12-18)22-21(26)19(13-24)23-20(25)16-10-9-14-5-2-3-6-15(14)11-16/h2-12,19,24H,13H2,1H3,(H,22,26)(H,23,25). The fraction of sp³-hybridized carbons (Fsp3) is 0.143. The molecule has 3 aromatic rings. The van der Waals surface area contributed by atoms with E-state index < -0.39 is 24.5 Å². The lowest BCUT2D eigenvalue weighted by atomic mass is 10.1. The number of carbonyl (C=O) groups excluding carboxylic acids is 2. The fourth-order valence-corrected chi connectivity index (χ4v) is 2.70. The first-order chi connectivity index (χ1) is 13.1. The summed E-state index contributed by atoms with van der Waals surface area (Å²) in [5.41, 5.74) is 0.930. The van der Waals surface area contributed by atoms with Crippen LogP contribution in [0.2, 0.25) is 0 Å². The maximum atomic E-state index is 12.5. The normalized spacial score (nSPS) is 11.6. The van der Waals surface area contributed by atoms with Crippen LogP contribution in [0, 0.1) is 0 Å². The minimum absolute atomic E-state index is 0.418. The molecular formula is C21H20N2O4. The summed E-state index contributed by atoms with van der Waals surface area (Å²) in [4.78, 5) is 24.9. The number of ether oxygens (including phenoxy) is 1. The van der Waals surface area contributed by atoms with E-state index in [1.54, 1.807) is 36.4 Å². The molecule has 6 nitrogen and oxygen atoms in total. The Kier molecular flexibility index (Phi) is 5.68.